The number of nitrogens with zero attached hydrogens (tertiary/aromatic N) is 4. The van der Waals surface area contributed by atoms with Gasteiger partial charge >= 0.3 is 5.69 Å². The van der Waals surface area contributed by atoms with E-state index in [1.807, 2.05) is 19.0 Å². The molecule has 0 atom stereocenters. The number of pyridine rings is 1. The number of likely N-dealkylation sites (N-methyl/N-ethyl adjacent to an activating group) is 1. The predicted molar refractivity (Wildman–Crippen MR) is 68.3 cm³/mol. The van der Waals surface area contributed by atoms with E-state index in [1.165, 1.54) is 6.07 Å². The first-order valence-electron chi connectivity index (χ1n) is 5.20. The molecule has 1 aliphatic rings. The van der Waals surface area contributed by atoms with E-state index < -0.39 is 4.92 Å². The number of halogens is 1. The molecule has 0 N–H and O–H groups in total. The zero-order valence-electron chi connectivity index (χ0n) is 9.63. The minimum absolute atomic E-state index is 0.0524. The third-order valence-electron chi connectivity index (χ3n) is 2.90. The fourth-order valence-corrected chi connectivity index (χ4v) is 2.07. The van der Waals surface area contributed by atoms with Crippen molar-refractivity contribution in [3.05, 3.63) is 26.9 Å². The molecule has 2 rings (SSSR count). The second kappa shape index (κ2) is 4.58. The van der Waals surface area contributed by atoms with Crippen molar-refractivity contribution in [3.63, 3.8) is 0 Å². The monoisotopic (exact) mass is 300 g/mol. The maximum atomic E-state index is 10.9. The third-order valence-corrected chi connectivity index (χ3v) is 3.34. The lowest BCUT2D eigenvalue weighted by atomic mass is 10.1. The molecule has 1 aliphatic heterocycles. The Morgan fingerprint density at radius 2 is 2.24 bits per heavy atom. The second-order valence-electron chi connectivity index (χ2n) is 4.28. The number of hydrogen-bond donors (Lipinski definition) is 0. The summed E-state index contributed by atoms with van der Waals surface area (Å²) in [5.41, 5.74) is 0.0524. The molecular formula is C10H13BrN4O2. The van der Waals surface area contributed by atoms with Crippen LogP contribution in [0.5, 0.6) is 0 Å². The van der Waals surface area contributed by atoms with E-state index in [4.69, 9.17) is 0 Å². The average molecular weight is 301 g/mol. The van der Waals surface area contributed by atoms with E-state index in [2.05, 4.69) is 25.8 Å². The van der Waals surface area contributed by atoms with Crippen LogP contribution in [0.3, 0.4) is 0 Å². The highest BCUT2D eigenvalue weighted by Crippen LogP contribution is 2.31. The lowest BCUT2D eigenvalue weighted by Gasteiger charge is -2.43. The van der Waals surface area contributed by atoms with E-state index in [0.717, 1.165) is 13.1 Å². The highest BCUT2D eigenvalue weighted by Gasteiger charge is 2.33. The van der Waals surface area contributed by atoms with Crippen molar-refractivity contribution in [2.24, 2.45) is 0 Å². The van der Waals surface area contributed by atoms with Crippen molar-refractivity contribution < 1.29 is 4.92 Å². The molecule has 17 heavy (non-hydrogen) atoms. The molecule has 1 saturated heterocycles. The Labute approximate surface area is 108 Å². The molecule has 2 heterocycles. The molecule has 0 radical (unpaired) electrons. The summed E-state index contributed by atoms with van der Waals surface area (Å²) in [7, 11) is 4.01. The molecule has 0 bridgehead atoms. The van der Waals surface area contributed by atoms with E-state index >= 15 is 0 Å². The van der Waals surface area contributed by atoms with Gasteiger partial charge in [-0.2, -0.15) is 0 Å². The lowest BCUT2D eigenvalue weighted by molar-refractivity contribution is -0.384. The minimum atomic E-state index is -0.393. The van der Waals surface area contributed by atoms with Gasteiger partial charge in [-0.1, -0.05) is 0 Å². The summed E-state index contributed by atoms with van der Waals surface area (Å²) in [6, 6.07) is 1.94. The van der Waals surface area contributed by atoms with Crippen molar-refractivity contribution in [1.29, 1.82) is 0 Å². The summed E-state index contributed by atoms with van der Waals surface area (Å²) in [6.07, 6.45) is 1.59. The largest absolute Gasteiger partial charge is 0.348 e. The Morgan fingerprint density at radius 1 is 1.59 bits per heavy atom. The molecule has 0 aliphatic carbocycles. The van der Waals surface area contributed by atoms with Gasteiger partial charge in [-0.05, 0) is 30.0 Å². The maximum Gasteiger partial charge on any atom is 0.312 e. The molecule has 1 aromatic rings. The number of anilines is 1. The van der Waals surface area contributed by atoms with Crippen LogP contribution in [0.15, 0.2) is 16.7 Å². The van der Waals surface area contributed by atoms with E-state index in [0.29, 0.717) is 16.3 Å². The molecule has 0 saturated carbocycles. The van der Waals surface area contributed by atoms with Gasteiger partial charge in [0.1, 0.15) is 0 Å². The van der Waals surface area contributed by atoms with Crippen LogP contribution in [0.4, 0.5) is 11.5 Å². The molecule has 0 unspecified atom stereocenters. The number of nitro groups is 1. The summed E-state index contributed by atoms with van der Waals surface area (Å²) in [4.78, 5) is 18.7. The summed E-state index contributed by atoms with van der Waals surface area (Å²) in [5.74, 6) is 0.455. The van der Waals surface area contributed by atoms with Crippen molar-refractivity contribution in [2.75, 3.05) is 32.1 Å². The fraction of sp³-hybridized carbons (Fsp3) is 0.500. The summed E-state index contributed by atoms with van der Waals surface area (Å²) >= 11 is 3.20. The van der Waals surface area contributed by atoms with Crippen LogP contribution in [-0.4, -0.2) is 48.0 Å². The molecular weight excluding hydrogens is 288 g/mol. The molecule has 1 fully saturated rings. The van der Waals surface area contributed by atoms with Crippen molar-refractivity contribution in [1.82, 2.24) is 9.88 Å². The molecule has 0 amide bonds. The van der Waals surface area contributed by atoms with Crippen LogP contribution in [0, 0.1) is 10.1 Å². The van der Waals surface area contributed by atoms with Gasteiger partial charge in [0.15, 0.2) is 0 Å². The van der Waals surface area contributed by atoms with Crippen LogP contribution in [0.25, 0.3) is 0 Å². The van der Waals surface area contributed by atoms with Crippen LogP contribution in [0.2, 0.25) is 0 Å². The van der Waals surface area contributed by atoms with Gasteiger partial charge < -0.3 is 9.80 Å². The van der Waals surface area contributed by atoms with Crippen molar-refractivity contribution in [2.45, 2.75) is 6.04 Å². The van der Waals surface area contributed by atoms with Crippen LogP contribution in [-0.2, 0) is 0 Å². The summed E-state index contributed by atoms with van der Waals surface area (Å²) in [6.45, 7) is 1.56. The molecule has 6 nitrogen and oxygen atoms in total. The molecule has 0 aromatic carbocycles. The highest BCUT2D eigenvalue weighted by molar-refractivity contribution is 9.10. The second-order valence-corrected chi connectivity index (χ2v) is 5.19. The SMILES string of the molecule is CN(C)C1CN(c2ncc(Br)cc2[N+](=O)[O-])C1. The first-order chi connectivity index (χ1) is 7.99. The normalized spacial score (nSPS) is 16.1. The number of hydrogen-bond acceptors (Lipinski definition) is 5. The molecule has 7 heteroatoms. The fourth-order valence-electron chi connectivity index (χ4n) is 1.75. The first-order valence-corrected chi connectivity index (χ1v) is 5.99. The smallest absolute Gasteiger partial charge is 0.312 e. The van der Waals surface area contributed by atoms with Gasteiger partial charge in [-0.15, -0.1) is 0 Å². The van der Waals surface area contributed by atoms with E-state index in [9.17, 15) is 10.1 Å². The van der Waals surface area contributed by atoms with Gasteiger partial charge in [0.2, 0.25) is 5.82 Å². The molecule has 92 valence electrons. The Balaban J connectivity index is 2.20. The van der Waals surface area contributed by atoms with Crippen molar-refractivity contribution >= 4 is 27.4 Å². The van der Waals surface area contributed by atoms with Gasteiger partial charge in [0.25, 0.3) is 0 Å². The number of rotatable bonds is 3. The zero-order valence-corrected chi connectivity index (χ0v) is 11.2. The first kappa shape index (κ1) is 12.3. The zero-order chi connectivity index (χ0) is 12.6. The van der Waals surface area contributed by atoms with Crippen LogP contribution >= 0.6 is 15.9 Å². The van der Waals surface area contributed by atoms with Gasteiger partial charge in [0, 0.05) is 35.9 Å². The van der Waals surface area contributed by atoms with Gasteiger partial charge in [0.05, 0.1) is 4.92 Å². The minimum Gasteiger partial charge on any atom is -0.348 e. The molecule has 0 spiro atoms. The highest BCUT2D eigenvalue weighted by atomic mass is 79.9. The third kappa shape index (κ3) is 2.39. The standard InChI is InChI=1S/C10H13BrN4O2/c1-13(2)8-5-14(6-8)10-9(15(16)17)3-7(11)4-12-10/h3-4,8H,5-6H2,1-2H3. The van der Waals surface area contributed by atoms with E-state index in [1.54, 1.807) is 6.20 Å². The topological polar surface area (TPSA) is 62.5 Å². The lowest BCUT2D eigenvalue weighted by Crippen LogP contribution is -2.57. The van der Waals surface area contributed by atoms with Crippen molar-refractivity contribution in [3.8, 4) is 0 Å². The van der Waals surface area contributed by atoms with Gasteiger partial charge in [-0.25, -0.2) is 4.98 Å². The summed E-state index contributed by atoms with van der Waals surface area (Å²) < 4.78 is 0.623. The Hall–Kier alpha value is -1.21. The predicted octanol–water partition coefficient (Wildman–Crippen LogP) is 1.50. The maximum absolute atomic E-state index is 10.9. The molecule has 1 aromatic heterocycles. The Kier molecular flexibility index (Phi) is 3.30. The van der Waals surface area contributed by atoms with Crippen LogP contribution < -0.4 is 4.90 Å². The average Bonchev–Trinajstić information content (AvgIpc) is 2.16. The van der Waals surface area contributed by atoms with Crippen LogP contribution in [0.1, 0.15) is 0 Å². The van der Waals surface area contributed by atoms with E-state index in [-0.39, 0.29) is 5.69 Å². The number of aromatic nitrogens is 1. The quantitative estimate of drug-likeness (QED) is 0.625. The Morgan fingerprint density at radius 3 is 2.76 bits per heavy atom. The van der Waals surface area contributed by atoms with Gasteiger partial charge in [-0.3, -0.25) is 10.1 Å². The Bertz CT molecular complexity index is 446. The summed E-state index contributed by atoms with van der Waals surface area (Å²) in [5, 5.41) is 10.9.